The van der Waals surface area contributed by atoms with Crippen LogP contribution in [0.3, 0.4) is 0 Å². The molecule has 2 atom stereocenters. The molecule has 2 aromatic heterocycles. The summed E-state index contributed by atoms with van der Waals surface area (Å²) in [7, 11) is 0. The second-order valence-corrected chi connectivity index (χ2v) is 15.2. The molecule has 0 aliphatic carbocycles. The predicted molar refractivity (Wildman–Crippen MR) is 224 cm³/mol. The van der Waals surface area contributed by atoms with Crippen LogP contribution in [0, 0.1) is 0 Å². The molecule has 20 nitrogen and oxygen atoms in total. The quantitative estimate of drug-likeness (QED) is 0.0464. The SMILES string of the molecule is CC(C)(CNC(=O)c1nc(Cl)c(N)nc1N)NCC(COc1ccccc1)OC(=O)C(=O)OC(CNC(C)(C)CNC(=O)c1nc(Cl)c(N)nc1N)COc1ccccc1. The summed E-state index contributed by atoms with van der Waals surface area (Å²) in [5.74, 6) is -3.53. The van der Waals surface area contributed by atoms with Gasteiger partial charge in [-0.3, -0.25) is 9.59 Å². The van der Waals surface area contributed by atoms with Crippen molar-refractivity contribution in [3.8, 4) is 11.5 Å². The van der Waals surface area contributed by atoms with Crippen LogP contribution in [-0.2, 0) is 19.1 Å². The number of carbonyl (C=O) groups excluding carboxylic acids is 4. The van der Waals surface area contributed by atoms with E-state index < -0.39 is 47.0 Å². The van der Waals surface area contributed by atoms with E-state index >= 15 is 0 Å². The van der Waals surface area contributed by atoms with Crippen LogP contribution in [0.1, 0.15) is 48.7 Å². The maximum atomic E-state index is 13.3. The van der Waals surface area contributed by atoms with Gasteiger partial charge in [0, 0.05) is 37.3 Å². The number of nitrogens with two attached hydrogens (primary N) is 4. The lowest BCUT2D eigenvalue weighted by atomic mass is 10.1. The van der Waals surface area contributed by atoms with Gasteiger partial charge in [0.25, 0.3) is 11.8 Å². The van der Waals surface area contributed by atoms with Crippen LogP contribution in [0.15, 0.2) is 60.7 Å². The minimum atomic E-state index is -1.30. The number of rotatable bonds is 20. The second kappa shape index (κ2) is 21.2. The maximum Gasteiger partial charge on any atom is 0.417 e. The smallest absolute Gasteiger partial charge is 0.417 e. The van der Waals surface area contributed by atoms with E-state index in [2.05, 4.69) is 41.2 Å². The first-order chi connectivity index (χ1) is 28.3. The van der Waals surface area contributed by atoms with E-state index in [1.165, 1.54) is 0 Å². The summed E-state index contributed by atoms with van der Waals surface area (Å²) in [5, 5.41) is 11.5. The highest BCUT2D eigenvalue weighted by Gasteiger charge is 2.30. The number of para-hydroxylation sites is 2. The highest BCUT2D eigenvalue weighted by atomic mass is 35.5. The van der Waals surface area contributed by atoms with Gasteiger partial charge in [0.15, 0.2) is 45.0 Å². The summed E-state index contributed by atoms with van der Waals surface area (Å²) in [6, 6.07) is 17.6. The first kappa shape index (κ1) is 46.5. The molecule has 4 aromatic rings. The zero-order chi connectivity index (χ0) is 44.0. The summed E-state index contributed by atoms with van der Waals surface area (Å²) in [6.07, 6.45) is -2.04. The van der Waals surface area contributed by atoms with Gasteiger partial charge >= 0.3 is 11.9 Å². The third-order valence-electron chi connectivity index (χ3n) is 8.31. The number of hydrogen-bond acceptors (Lipinski definition) is 18. The highest BCUT2D eigenvalue weighted by Crippen LogP contribution is 2.19. The molecule has 2 unspecified atom stereocenters. The van der Waals surface area contributed by atoms with Crippen molar-refractivity contribution in [2.45, 2.75) is 51.0 Å². The number of ether oxygens (including phenoxy) is 4. The van der Waals surface area contributed by atoms with Crippen LogP contribution in [0.4, 0.5) is 23.3 Å². The molecule has 0 saturated heterocycles. The lowest BCUT2D eigenvalue weighted by Crippen LogP contribution is -2.53. The van der Waals surface area contributed by atoms with Gasteiger partial charge in [-0.25, -0.2) is 29.5 Å². The average Bonchev–Trinajstić information content (AvgIpc) is 3.21. The van der Waals surface area contributed by atoms with Gasteiger partial charge in [0.05, 0.1) is 0 Å². The molecule has 0 bridgehead atoms. The molecule has 2 amide bonds. The van der Waals surface area contributed by atoms with E-state index in [-0.39, 0.29) is 84.4 Å². The van der Waals surface area contributed by atoms with Crippen molar-refractivity contribution in [2.75, 3.05) is 62.3 Å². The van der Waals surface area contributed by atoms with Crippen LogP contribution in [-0.4, -0.2) is 106 Å². The van der Waals surface area contributed by atoms with E-state index in [0.717, 1.165) is 0 Å². The van der Waals surface area contributed by atoms with Gasteiger partial charge in [-0.15, -0.1) is 0 Å². The molecule has 322 valence electrons. The van der Waals surface area contributed by atoms with Crippen molar-refractivity contribution >= 4 is 70.2 Å². The fraction of sp³-hybridized carbons (Fsp3) is 0.368. The highest BCUT2D eigenvalue weighted by molar-refractivity contribution is 6.32. The molecule has 0 fully saturated rings. The number of halogens is 2. The van der Waals surface area contributed by atoms with Gasteiger partial charge in [-0.1, -0.05) is 59.6 Å². The molecule has 0 saturated carbocycles. The molecular weight excluding hydrogens is 823 g/mol. The molecule has 22 heteroatoms. The Hall–Kier alpha value is -6.22. The summed E-state index contributed by atoms with van der Waals surface area (Å²) >= 11 is 11.9. The van der Waals surface area contributed by atoms with E-state index in [0.29, 0.717) is 11.5 Å². The lowest BCUT2D eigenvalue weighted by Gasteiger charge is -2.30. The minimum absolute atomic E-state index is 0.0216. The van der Waals surface area contributed by atoms with Crippen molar-refractivity contribution < 1.29 is 38.1 Å². The number of aromatic nitrogens is 4. The first-order valence-electron chi connectivity index (χ1n) is 18.3. The van der Waals surface area contributed by atoms with E-state index in [1.54, 1.807) is 76.2 Å². The zero-order valence-corrected chi connectivity index (χ0v) is 34.8. The van der Waals surface area contributed by atoms with Gasteiger partial charge in [-0.05, 0) is 52.0 Å². The number of hydrogen-bond donors (Lipinski definition) is 8. The van der Waals surface area contributed by atoms with E-state index in [9.17, 15) is 19.2 Å². The average molecular weight is 872 g/mol. The Balaban J connectivity index is 1.39. The Morgan fingerprint density at radius 2 is 0.933 bits per heavy atom. The van der Waals surface area contributed by atoms with Crippen LogP contribution in [0.25, 0.3) is 0 Å². The molecule has 4 rings (SSSR count). The normalized spacial score (nSPS) is 12.4. The summed E-state index contributed by atoms with van der Waals surface area (Å²) in [6.45, 7) is 6.84. The molecule has 2 aromatic carbocycles. The standard InChI is InChI=1S/C38H48Cl2N12O8/c1-37(2,19-45-33(53)25-29(41)51-31(43)27(39)49-25)47-15-23(17-57-21-11-7-5-8-12-21)59-35(55)36(56)60-24(18-58-22-13-9-6-10-14-22)16-48-38(3,4)20-46-34(54)26-30(42)52-32(44)28(40)50-26/h5-14,23-24,47-48H,15-20H2,1-4H3,(H,45,53)(H,46,54)(H4,41,43,51)(H4,42,44,52). The number of anilines is 4. The number of esters is 2. The molecule has 0 aliphatic rings. The molecule has 60 heavy (non-hydrogen) atoms. The number of amides is 2. The fourth-order valence-corrected chi connectivity index (χ4v) is 5.23. The molecule has 0 aliphatic heterocycles. The summed E-state index contributed by atoms with van der Waals surface area (Å²) in [5.41, 5.74) is 20.8. The number of carbonyl (C=O) groups is 4. The third-order valence-corrected chi connectivity index (χ3v) is 8.87. The topological polar surface area (TPSA) is 309 Å². The lowest BCUT2D eigenvalue weighted by molar-refractivity contribution is -0.175. The van der Waals surface area contributed by atoms with E-state index in [1.807, 2.05) is 12.1 Å². The van der Waals surface area contributed by atoms with Crippen molar-refractivity contribution in [1.82, 2.24) is 41.2 Å². The van der Waals surface area contributed by atoms with Crippen LogP contribution in [0.2, 0.25) is 10.3 Å². The minimum Gasteiger partial charge on any atom is -0.490 e. The first-order valence-corrected chi connectivity index (χ1v) is 19.1. The number of nitrogen functional groups attached to an aromatic ring is 4. The van der Waals surface area contributed by atoms with E-state index in [4.69, 9.17) is 65.1 Å². The molecule has 2 heterocycles. The Morgan fingerprint density at radius 1 is 0.583 bits per heavy atom. The zero-order valence-electron chi connectivity index (χ0n) is 33.3. The molecular formula is C38H48Cl2N12O8. The molecule has 0 radical (unpaired) electrons. The molecule has 12 N–H and O–H groups in total. The summed E-state index contributed by atoms with van der Waals surface area (Å²) < 4.78 is 22.9. The second-order valence-electron chi connectivity index (χ2n) is 14.5. The predicted octanol–water partition coefficient (Wildman–Crippen LogP) is 1.78. The Morgan fingerprint density at radius 3 is 1.28 bits per heavy atom. The summed E-state index contributed by atoms with van der Waals surface area (Å²) in [4.78, 5) is 67.8. The van der Waals surface area contributed by atoms with Gasteiger partial charge in [-0.2, -0.15) is 0 Å². The van der Waals surface area contributed by atoms with Crippen LogP contribution >= 0.6 is 23.2 Å². The van der Waals surface area contributed by atoms with Crippen molar-refractivity contribution in [1.29, 1.82) is 0 Å². The third kappa shape index (κ3) is 14.6. The van der Waals surface area contributed by atoms with Crippen LogP contribution in [0.5, 0.6) is 11.5 Å². The van der Waals surface area contributed by atoms with Crippen molar-refractivity contribution in [2.24, 2.45) is 0 Å². The largest absolute Gasteiger partial charge is 0.490 e. The van der Waals surface area contributed by atoms with Crippen LogP contribution < -0.4 is 53.7 Å². The van der Waals surface area contributed by atoms with Gasteiger partial charge in [0.2, 0.25) is 0 Å². The monoisotopic (exact) mass is 870 g/mol. The molecule has 0 spiro atoms. The van der Waals surface area contributed by atoms with Gasteiger partial charge < -0.3 is 63.1 Å². The van der Waals surface area contributed by atoms with Crippen molar-refractivity contribution in [3.05, 3.63) is 82.4 Å². The van der Waals surface area contributed by atoms with Gasteiger partial charge in [0.1, 0.15) is 36.9 Å². The number of nitrogens with one attached hydrogen (secondary N) is 4. The van der Waals surface area contributed by atoms with Crippen molar-refractivity contribution in [3.63, 3.8) is 0 Å². The Bertz CT molecular complexity index is 1970. The number of nitrogens with zero attached hydrogens (tertiary/aromatic N) is 4. The maximum absolute atomic E-state index is 13.3. The number of benzene rings is 2. The Kier molecular flexibility index (Phi) is 16.4. The fourth-order valence-electron chi connectivity index (χ4n) is 4.97. The Labute approximate surface area is 355 Å².